The molecule has 0 unspecified atom stereocenters. The van der Waals surface area contributed by atoms with Gasteiger partial charge < -0.3 is 9.72 Å². The molecule has 0 spiro atoms. The van der Waals surface area contributed by atoms with Crippen LogP contribution in [-0.4, -0.2) is 12.1 Å². The molecule has 3 aromatic rings. The van der Waals surface area contributed by atoms with Crippen LogP contribution < -0.4 is 10.2 Å². The van der Waals surface area contributed by atoms with Crippen molar-refractivity contribution < 1.29 is 4.74 Å². The molecule has 0 saturated heterocycles. The van der Waals surface area contributed by atoms with E-state index in [0.29, 0.717) is 11.1 Å². The minimum absolute atomic E-state index is 0.0673. The van der Waals surface area contributed by atoms with E-state index in [1.807, 2.05) is 23.6 Å². The summed E-state index contributed by atoms with van der Waals surface area (Å²) in [5.74, 6) is 0.703. The summed E-state index contributed by atoms with van der Waals surface area (Å²) in [5.41, 5.74) is 1.81. The zero-order valence-corrected chi connectivity index (χ0v) is 9.43. The van der Waals surface area contributed by atoms with Crippen molar-refractivity contribution in [2.45, 2.75) is 0 Å². The van der Waals surface area contributed by atoms with Gasteiger partial charge in [-0.25, -0.2) is 0 Å². The Morgan fingerprint density at radius 2 is 2.12 bits per heavy atom. The Hall–Kier alpha value is -1.81. The van der Waals surface area contributed by atoms with Crippen molar-refractivity contribution in [1.29, 1.82) is 0 Å². The first kappa shape index (κ1) is 9.42. The molecule has 1 aromatic carbocycles. The van der Waals surface area contributed by atoms with E-state index < -0.39 is 0 Å². The zero-order valence-electron chi connectivity index (χ0n) is 8.61. The van der Waals surface area contributed by atoms with E-state index in [0.717, 1.165) is 15.7 Å². The summed E-state index contributed by atoms with van der Waals surface area (Å²) < 4.78 is 5.89. The number of aromatic amines is 1. The number of benzene rings is 1. The van der Waals surface area contributed by atoms with Crippen LogP contribution in [0.4, 0.5) is 0 Å². The first-order valence-electron chi connectivity index (χ1n) is 4.87. The number of thiophene rings is 1. The molecule has 0 radical (unpaired) electrons. The molecule has 16 heavy (non-hydrogen) atoms. The van der Waals surface area contributed by atoms with Crippen molar-refractivity contribution in [2.75, 3.05) is 7.11 Å². The number of H-pyrrole nitrogens is 1. The smallest absolute Gasteiger partial charge is 0.207 e. The predicted molar refractivity (Wildman–Crippen MR) is 66.5 cm³/mol. The van der Waals surface area contributed by atoms with Gasteiger partial charge in [0.15, 0.2) is 0 Å². The molecule has 3 rings (SSSR count). The van der Waals surface area contributed by atoms with E-state index in [1.54, 1.807) is 13.2 Å². The molecule has 0 aliphatic carbocycles. The Kier molecular flexibility index (Phi) is 1.97. The summed E-state index contributed by atoms with van der Waals surface area (Å²) in [6, 6.07) is 7.40. The van der Waals surface area contributed by atoms with E-state index in [2.05, 4.69) is 4.98 Å². The second-order valence-electron chi connectivity index (χ2n) is 3.53. The number of hydrogen-bond donors (Lipinski definition) is 1. The molecule has 0 fully saturated rings. The highest BCUT2D eigenvalue weighted by Crippen LogP contribution is 2.22. The third kappa shape index (κ3) is 1.23. The fraction of sp³-hybridized carbons (Fsp3) is 0.0833. The van der Waals surface area contributed by atoms with Gasteiger partial charge in [0.1, 0.15) is 5.75 Å². The number of pyridine rings is 1. The van der Waals surface area contributed by atoms with Crippen molar-refractivity contribution in [3.63, 3.8) is 0 Å². The van der Waals surface area contributed by atoms with Crippen molar-refractivity contribution >= 4 is 32.5 Å². The van der Waals surface area contributed by atoms with Gasteiger partial charge in [0.2, 0.25) is 5.43 Å². The van der Waals surface area contributed by atoms with Gasteiger partial charge >= 0.3 is 0 Å². The van der Waals surface area contributed by atoms with Gasteiger partial charge in [0.05, 0.1) is 28.2 Å². The maximum absolute atomic E-state index is 12.2. The summed E-state index contributed by atoms with van der Waals surface area (Å²) in [7, 11) is 1.60. The Morgan fingerprint density at radius 3 is 2.94 bits per heavy atom. The molecule has 0 aliphatic rings. The average molecular weight is 231 g/mol. The number of methoxy groups -OCH3 is 1. The van der Waals surface area contributed by atoms with E-state index in [-0.39, 0.29) is 5.43 Å². The Bertz CT molecular complexity index is 727. The molecular weight excluding hydrogens is 222 g/mol. The number of hydrogen-bond acceptors (Lipinski definition) is 3. The molecular formula is C12H9NO2S. The molecule has 80 valence electrons. The van der Waals surface area contributed by atoms with Crippen molar-refractivity contribution in [3.8, 4) is 5.75 Å². The summed E-state index contributed by atoms with van der Waals surface area (Å²) in [5, 5.41) is 2.59. The second kappa shape index (κ2) is 3.35. The summed E-state index contributed by atoms with van der Waals surface area (Å²) in [6.07, 6.45) is 0. The molecule has 0 aliphatic heterocycles. The lowest BCUT2D eigenvalue weighted by atomic mass is 10.2. The highest BCUT2D eigenvalue weighted by molar-refractivity contribution is 7.17. The summed E-state index contributed by atoms with van der Waals surface area (Å²) >= 11 is 1.46. The normalized spacial score (nSPS) is 11.1. The van der Waals surface area contributed by atoms with E-state index in [9.17, 15) is 4.79 Å². The molecule has 0 bridgehead atoms. The maximum atomic E-state index is 12.2. The molecule has 1 N–H and O–H groups in total. The van der Waals surface area contributed by atoms with Crippen LogP contribution in [0, 0.1) is 0 Å². The number of nitrogens with one attached hydrogen (secondary N) is 1. The predicted octanol–water partition coefficient (Wildman–Crippen LogP) is 2.75. The zero-order chi connectivity index (χ0) is 11.1. The van der Waals surface area contributed by atoms with Gasteiger partial charge in [-0.2, -0.15) is 0 Å². The molecule has 0 saturated carbocycles. The third-order valence-corrected chi connectivity index (χ3v) is 3.53. The van der Waals surface area contributed by atoms with Crippen LogP contribution in [0.15, 0.2) is 34.4 Å². The van der Waals surface area contributed by atoms with E-state index in [4.69, 9.17) is 4.74 Å². The van der Waals surface area contributed by atoms with Gasteiger partial charge in [-0.3, -0.25) is 4.79 Å². The third-order valence-electron chi connectivity index (χ3n) is 2.61. The highest BCUT2D eigenvalue weighted by atomic mass is 32.1. The molecule has 3 nitrogen and oxygen atoms in total. The van der Waals surface area contributed by atoms with Crippen LogP contribution in [0.1, 0.15) is 0 Å². The summed E-state index contributed by atoms with van der Waals surface area (Å²) in [6.45, 7) is 0. The standard InChI is InChI=1S/C12H9NO2S/c1-15-7-2-3-9-8(6-7)11(14)12-10(13-9)4-5-16-12/h2-6H,1H3,(H,13,14). The van der Waals surface area contributed by atoms with Crippen LogP contribution in [0.3, 0.4) is 0 Å². The molecule has 0 amide bonds. The van der Waals surface area contributed by atoms with Crippen LogP contribution in [0.2, 0.25) is 0 Å². The second-order valence-corrected chi connectivity index (χ2v) is 4.45. The number of ether oxygens (including phenoxy) is 1. The number of fused-ring (bicyclic) bond motifs is 2. The number of aromatic nitrogens is 1. The fourth-order valence-electron chi connectivity index (χ4n) is 1.80. The van der Waals surface area contributed by atoms with Crippen molar-refractivity contribution in [2.24, 2.45) is 0 Å². The van der Waals surface area contributed by atoms with E-state index in [1.165, 1.54) is 11.3 Å². The van der Waals surface area contributed by atoms with Crippen molar-refractivity contribution in [3.05, 3.63) is 39.9 Å². The topological polar surface area (TPSA) is 42.1 Å². The molecule has 4 heteroatoms. The van der Waals surface area contributed by atoms with Gasteiger partial charge in [-0.15, -0.1) is 11.3 Å². The number of rotatable bonds is 1. The molecule has 2 aromatic heterocycles. The quantitative estimate of drug-likeness (QED) is 0.699. The van der Waals surface area contributed by atoms with Gasteiger partial charge in [0, 0.05) is 0 Å². The lowest BCUT2D eigenvalue weighted by molar-refractivity contribution is 0.415. The van der Waals surface area contributed by atoms with Crippen LogP contribution in [0.25, 0.3) is 21.1 Å². The van der Waals surface area contributed by atoms with Gasteiger partial charge in [-0.05, 0) is 29.6 Å². The largest absolute Gasteiger partial charge is 0.497 e. The molecule has 0 atom stereocenters. The van der Waals surface area contributed by atoms with Crippen molar-refractivity contribution in [1.82, 2.24) is 4.98 Å². The lowest BCUT2D eigenvalue weighted by Crippen LogP contribution is -2.01. The monoisotopic (exact) mass is 231 g/mol. The van der Waals surface area contributed by atoms with E-state index >= 15 is 0 Å². The average Bonchev–Trinajstić information content (AvgIpc) is 2.77. The Morgan fingerprint density at radius 1 is 1.25 bits per heavy atom. The van der Waals surface area contributed by atoms with Crippen LogP contribution >= 0.6 is 11.3 Å². The first-order chi connectivity index (χ1) is 7.79. The van der Waals surface area contributed by atoms with Crippen LogP contribution in [-0.2, 0) is 0 Å². The minimum atomic E-state index is 0.0673. The Balaban J connectivity index is 2.52. The lowest BCUT2D eigenvalue weighted by Gasteiger charge is -2.02. The highest BCUT2D eigenvalue weighted by Gasteiger charge is 2.06. The maximum Gasteiger partial charge on any atom is 0.207 e. The molecule has 2 heterocycles. The van der Waals surface area contributed by atoms with Gasteiger partial charge in [-0.1, -0.05) is 0 Å². The SMILES string of the molecule is COc1ccc2[nH]c3ccsc3c(=O)c2c1. The minimum Gasteiger partial charge on any atom is -0.497 e. The Labute approximate surface area is 95.3 Å². The first-order valence-corrected chi connectivity index (χ1v) is 5.75. The van der Waals surface area contributed by atoms with Crippen LogP contribution in [0.5, 0.6) is 5.75 Å². The fourth-order valence-corrected chi connectivity index (χ4v) is 2.60. The van der Waals surface area contributed by atoms with Gasteiger partial charge in [0.25, 0.3) is 0 Å². The summed E-state index contributed by atoms with van der Waals surface area (Å²) in [4.78, 5) is 15.4.